The SMILES string of the molecule is CCNC(=NCCCOC)NCCC(=O)N1CCc2sccc2C1. The first-order valence-corrected chi connectivity index (χ1v) is 9.46. The highest BCUT2D eigenvalue weighted by molar-refractivity contribution is 7.10. The number of nitrogens with one attached hydrogen (secondary N) is 2. The van der Waals surface area contributed by atoms with Gasteiger partial charge in [-0.25, -0.2) is 0 Å². The summed E-state index contributed by atoms with van der Waals surface area (Å²) in [7, 11) is 1.69. The van der Waals surface area contributed by atoms with Crippen LogP contribution in [-0.2, 0) is 22.5 Å². The Morgan fingerprint density at radius 3 is 3.12 bits per heavy atom. The molecule has 2 rings (SSSR count). The van der Waals surface area contributed by atoms with Crippen LogP contribution in [-0.4, -0.2) is 56.7 Å². The van der Waals surface area contributed by atoms with Crippen LogP contribution in [0.3, 0.4) is 0 Å². The molecule has 6 nitrogen and oxygen atoms in total. The monoisotopic (exact) mass is 352 g/mol. The van der Waals surface area contributed by atoms with Crippen molar-refractivity contribution in [3.63, 3.8) is 0 Å². The number of methoxy groups -OCH3 is 1. The second-order valence-electron chi connectivity index (χ2n) is 5.72. The van der Waals surface area contributed by atoms with Crippen molar-refractivity contribution in [2.24, 2.45) is 4.99 Å². The van der Waals surface area contributed by atoms with E-state index in [1.165, 1.54) is 10.4 Å². The number of fused-ring (bicyclic) bond motifs is 1. The topological polar surface area (TPSA) is 66.0 Å². The van der Waals surface area contributed by atoms with Crippen LogP contribution in [0.4, 0.5) is 0 Å². The number of amides is 1. The summed E-state index contributed by atoms with van der Waals surface area (Å²) in [5.74, 6) is 0.967. The first-order chi connectivity index (χ1) is 11.7. The molecular formula is C17H28N4O2S. The number of carbonyl (C=O) groups excluding carboxylic acids is 1. The minimum atomic E-state index is 0.203. The average molecular weight is 353 g/mol. The van der Waals surface area contributed by atoms with Gasteiger partial charge < -0.3 is 20.3 Å². The second-order valence-corrected chi connectivity index (χ2v) is 6.72. The number of aliphatic imine (C=N–C) groups is 1. The lowest BCUT2D eigenvalue weighted by molar-refractivity contribution is -0.131. The highest BCUT2D eigenvalue weighted by Gasteiger charge is 2.20. The van der Waals surface area contributed by atoms with Gasteiger partial charge in [-0.2, -0.15) is 0 Å². The third-order valence-electron chi connectivity index (χ3n) is 3.91. The van der Waals surface area contributed by atoms with Crippen LogP contribution in [0.25, 0.3) is 0 Å². The van der Waals surface area contributed by atoms with Gasteiger partial charge in [0.15, 0.2) is 5.96 Å². The van der Waals surface area contributed by atoms with Crippen LogP contribution in [0.2, 0.25) is 0 Å². The lowest BCUT2D eigenvalue weighted by Crippen LogP contribution is -2.41. The normalized spacial score (nSPS) is 14.4. The molecule has 0 atom stereocenters. The molecule has 0 bridgehead atoms. The third-order valence-corrected chi connectivity index (χ3v) is 4.94. The highest BCUT2D eigenvalue weighted by Crippen LogP contribution is 2.24. The van der Waals surface area contributed by atoms with Crippen molar-refractivity contribution >= 4 is 23.2 Å². The van der Waals surface area contributed by atoms with Crippen molar-refractivity contribution in [3.05, 3.63) is 21.9 Å². The number of guanidine groups is 1. The summed E-state index contributed by atoms with van der Waals surface area (Å²) in [5, 5.41) is 8.55. The van der Waals surface area contributed by atoms with Gasteiger partial charge in [0.2, 0.25) is 5.91 Å². The van der Waals surface area contributed by atoms with Crippen LogP contribution in [0.1, 0.15) is 30.2 Å². The van der Waals surface area contributed by atoms with E-state index in [4.69, 9.17) is 4.74 Å². The maximum Gasteiger partial charge on any atom is 0.224 e. The van der Waals surface area contributed by atoms with Gasteiger partial charge in [0, 0.05) is 57.7 Å². The van der Waals surface area contributed by atoms with E-state index in [0.29, 0.717) is 26.1 Å². The van der Waals surface area contributed by atoms with Gasteiger partial charge in [-0.3, -0.25) is 9.79 Å². The fourth-order valence-electron chi connectivity index (χ4n) is 2.65. The largest absolute Gasteiger partial charge is 0.385 e. The van der Waals surface area contributed by atoms with Crippen LogP contribution in [0, 0.1) is 0 Å². The molecule has 1 aromatic rings. The zero-order valence-corrected chi connectivity index (χ0v) is 15.5. The van der Waals surface area contributed by atoms with Gasteiger partial charge in [-0.1, -0.05) is 0 Å². The van der Waals surface area contributed by atoms with E-state index < -0.39 is 0 Å². The second kappa shape index (κ2) is 10.3. The van der Waals surface area contributed by atoms with Crippen molar-refractivity contribution in [1.82, 2.24) is 15.5 Å². The van der Waals surface area contributed by atoms with Gasteiger partial charge in [0.05, 0.1) is 0 Å². The molecule has 0 fully saturated rings. The molecule has 0 radical (unpaired) electrons. The predicted molar refractivity (Wildman–Crippen MR) is 98.5 cm³/mol. The fourth-order valence-corrected chi connectivity index (χ4v) is 3.54. The number of rotatable bonds is 8. The van der Waals surface area contributed by atoms with Crippen LogP contribution in [0.5, 0.6) is 0 Å². The lowest BCUT2D eigenvalue weighted by Gasteiger charge is -2.27. The molecular weight excluding hydrogens is 324 g/mol. The van der Waals surface area contributed by atoms with Crippen LogP contribution in [0.15, 0.2) is 16.4 Å². The van der Waals surface area contributed by atoms with E-state index in [1.807, 2.05) is 11.8 Å². The first-order valence-electron chi connectivity index (χ1n) is 8.58. The molecule has 2 heterocycles. The Kier molecular flexibility index (Phi) is 8.04. The maximum atomic E-state index is 12.4. The Labute approximate surface area is 148 Å². The van der Waals surface area contributed by atoms with E-state index in [1.54, 1.807) is 18.4 Å². The van der Waals surface area contributed by atoms with Crippen molar-refractivity contribution < 1.29 is 9.53 Å². The molecule has 1 aliphatic heterocycles. The van der Waals surface area contributed by atoms with E-state index >= 15 is 0 Å². The summed E-state index contributed by atoms with van der Waals surface area (Å²) in [6.45, 7) is 6.44. The molecule has 0 saturated carbocycles. The zero-order valence-electron chi connectivity index (χ0n) is 14.6. The summed E-state index contributed by atoms with van der Waals surface area (Å²) in [6, 6.07) is 2.13. The van der Waals surface area contributed by atoms with E-state index in [9.17, 15) is 4.79 Å². The van der Waals surface area contributed by atoms with E-state index in [0.717, 1.165) is 38.4 Å². The number of thiophene rings is 1. The number of carbonyl (C=O) groups is 1. The zero-order chi connectivity index (χ0) is 17.2. The Morgan fingerprint density at radius 2 is 2.33 bits per heavy atom. The van der Waals surface area contributed by atoms with Crippen LogP contribution < -0.4 is 10.6 Å². The number of ether oxygens (including phenoxy) is 1. The highest BCUT2D eigenvalue weighted by atomic mass is 32.1. The molecule has 1 aliphatic rings. The lowest BCUT2D eigenvalue weighted by atomic mass is 10.1. The fraction of sp³-hybridized carbons (Fsp3) is 0.647. The van der Waals surface area contributed by atoms with Gasteiger partial charge in [0.1, 0.15) is 0 Å². The quantitative estimate of drug-likeness (QED) is 0.424. The van der Waals surface area contributed by atoms with Crippen molar-refractivity contribution in [2.75, 3.05) is 39.9 Å². The molecule has 7 heteroatoms. The maximum absolute atomic E-state index is 12.4. The van der Waals surface area contributed by atoms with Gasteiger partial charge in [-0.05, 0) is 36.8 Å². The minimum absolute atomic E-state index is 0.203. The Hall–Kier alpha value is -1.60. The molecule has 24 heavy (non-hydrogen) atoms. The van der Waals surface area contributed by atoms with Crippen molar-refractivity contribution in [1.29, 1.82) is 0 Å². The predicted octanol–water partition coefficient (Wildman–Crippen LogP) is 1.61. The van der Waals surface area contributed by atoms with Crippen molar-refractivity contribution in [2.45, 2.75) is 32.7 Å². The number of nitrogens with zero attached hydrogens (tertiary/aromatic N) is 2. The van der Waals surface area contributed by atoms with Crippen molar-refractivity contribution in [3.8, 4) is 0 Å². The molecule has 0 aliphatic carbocycles. The Balaban J connectivity index is 1.72. The molecule has 2 N–H and O–H groups in total. The first kappa shape index (κ1) is 18.7. The summed E-state index contributed by atoms with van der Waals surface area (Å²) in [5.41, 5.74) is 1.31. The molecule has 0 spiro atoms. The molecule has 0 unspecified atom stereocenters. The van der Waals surface area contributed by atoms with E-state index in [2.05, 4.69) is 27.1 Å². The average Bonchev–Trinajstić information content (AvgIpc) is 3.06. The Bertz CT molecular complexity index is 544. The smallest absolute Gasteiger partial charge is 0.224 e. The summed E-state index contributed by atoms with van der Waals surface area (Å²) < 4.78 is 5.02. The van der Waals surface area contributed by atoms with Gasteiger partial charge in [0.25, 0.3) is 0 Å². The standard InChI is InChI=1S/C17H28N4O2S/c1-3-18-17(19-8-4-11-23-2)20-9-5-16(22)21-10-6-15-14(13-21)7-12-24-15/h7,12H,3-6,8-11,13H2,1-2H3,(H2,18,19,20). The molecule has 1 amide bonds. The molecule has 1 aromatic heterocycles. The number of hydrogen-bond donors (Lipinski definition) is 2. The Morgan fingerprint density at radius 1 is 1.46 bits per heavy atom. The molecule has 0 aromatic carbocycles. The van der Waals surface area contributed by atoms with Crippen LogP contribution >= 0.6 is 11.3 Å². The molecule has 0 saturated heterocycles. The van der Waals surface area contributed by atoms with E-state index in [-0.39, 0.29) is 5.91 Å². The number of hydrogen-bond acceptors (Lipinski definition) is 4. The van der Waals surface area contributed by atoms with Gasteiger partial charge >= 0.3 is 0 Å². The third kappa shape index (κ3) is 5.79. The summed E-state index contributed by atoms with van der Waals surface area (Å²) in [6.07, 6.45) is 2.36. The minimum Gasteiger partial charge on any atom is -0.385 e. The summed E-state index contributed by atoms with van der Waals surface area (Å²) in [4.78, 5) is 20.2. The summed E-state index contributed by atoms with van der Waals surface area (Å²) >= 11 is 1.79. The molecule has 134 valence electrons. The van der Waals surface area contributed by atoms with Gasteiger partial charge in [-0.15, -0.1) is 11.3 Å².